The number of alkyl halides is 3. The summed E-state index contributed by atoms with van der Waals surface area (Å²) in [4.78, 5) is 10.3. The van der Waals surface area contributed by atoms with Gasteiger partial charge in [0.25, 0.3) is 0 Å². The Morgan fingerprint density at radius 1 is 1.42 bits per heavy atom. The fourth-order valence-corrected chi connectivity index (χ4v) is 0.324. The number of carboxylic acid groups (broad SMARTS) is 1. The molecule has 0 aliphatic heterocycles. The standard InChI is InChI=1S/C6H9F3O3/c1-5(2,4(10)11)3-12-6(7,8)9/h3H2,1-2H3,(H,10,11). The predicted octanol–water partition coefficient (Wildman–Crippen LogP) is 1.63. The SMILES string of the molecule is CC(C)(COC(F)(F)F)C(=O)O. The lowest BCUT2D eigenvalue weighted by molar-refractivity contribution is -0.331. The molecule has 0 amide bonds. The summed E-state index contributed by atoms with van der Waals surface area (Å²) in [5.41, 5.74) is -1.52. The maximum atomic E-state index is 11.4. The molecule has 0 atom stereocenters. The van der Waals surface area contributed by atoms with Crippen LogP contribution in [-0.4, -0.2) is 24.0 Å². The number of rotatable bonds is 3. The van der Waals surface area contributed by atoms with Crippen molar-refractivity contribution in [1.29, 1.82) is 0 Å². The molecule has 0 unspecified atom stereocenters. The highest BCUT2D eigenvalue weighted by Gasteiger charge is 2.36. The zero-order valence-corrected chi connectivity index (χ0v) is 6.60. The minimum absolute atomic E-state index is 0.883. The van der Waals surface area contributed by atoms with Crippen molar-refractivity contribution in [1.82, 2.24) is 0 Å². The lowest BCUT2D eigenvalue weighted by atomic mass is 9.95. The summed E-state index contributed by atoms with van der Waals surface area (Å²) < 4.78 is 37.7. The smallest absolute Gasteiger partial charge is 0.481 e. The van der Waals surface area contributed by atoms with Crippen molar-refractivity contribution < 1.29 is 27.8 Å². The fourth-order valence-electron chi connectivity index (χ4n) is 0.324. The number of ether oxygens (including phenoxy) is 1. The van der Waals surface area contributed by atoms with Gasteiger partial charge in [0.15, 0.2) is 0 Å². The van der Waals surface area contributed by atoms with Gasteiger partial charge in [-0.3, -0.25) is 9.53 Å². The Morgan fingerprint density at radius 2 is 1.83 bits per heavy atom. The average Bonchev–Trinajstić information content (AvgIpc) is 1.82. The summed E-state index contributed by atoms with van der Waals surface area (Å²) in [5.74, 6) is -1.33. The van der Waals surface area contributed by atoms with E-state index in [-0.39, 0.29) is 0 Å². The van der Waals surface area contributed by atoms with Crippen LogP contribution in [-0.2, 0) is 9.53 Å². The third-order valence-corrected chi connectivity index (χ3v) is 1.18. The highest BCUT2D eigenvalue weighted by Crippen LogP contribution is 2.23. The molecule has 0 bridgehead atoms. The Bertz CT molecular complexity index is 173. The molecule has 0 aromatic carbocycles. The maximum absolute atomic E-state index is 11.4. The molecule has 0 aromatic heterocycles. The molecule has 0 heterocycles. The molecule has 0 saturated heterocycles. The van der Waals surface area contributed by atoms with E-state index in [2.05, 4.69) is 4.74 Å². The molecule has 6 heteroatoms. The van der Waals surface area contributed by atoms with Crippen LogP contribution < -0.4 is 0 Å². The van der Waals surface area contributed by atoms with Gasteiger partial charge in [0.1, 0.15) is 0 Å². The fraction of sp³-hybridized carbons (Fsp3) is 0.833. The van der Waals surface area contributed by atoms with Gasteiger partial charge in [-0.15, -0.1) is 13.2 Å². The van der Waals surface area contributed by atoms with Gasteiger partial charge in [-0.1, -0.05) is 0 Å². The van der Waals surface area contributed by atoms with Crippen LogP contribution in [0.5, 0.6) is 0 Å². The summed E-state index contributed by atoms with van der Waals surface area (Å²) >= 11 is 0. The molecule has 0 radical (unpaired) electrons. The van der Waals surface area contributed by atoms with E-state index in [0.717, 1.165) is 13.8 Å². The highest BCUT2D eigenvalue weighted by molar-refractivity contribution is 5.73. The Kier molecular flexibility index (Phi) is 3.09. The van der Waals surface area contributed by atoms with Crippen LogP contribution in [0.4, 0.5) is 13.2 Å². The van der Waals surface area contributed by atoms with Gasteiger partial charge >= 0.3 is 12.3 Å². The van der Waals surface area contributed by atoms with E-state index < -0.39 is 24.4 Å². The molecule has 0 aliphatic rings. The topological polar surface area (TPSA) is 46.5 Å². The van der Waals surface area contributed by atoms with Crippen molar-refractivity contribution in [2.45, 2.75) is 20.2 Å². The number of carboxylic acids is 1. The second-order valence-corrected chi connectivity index (χ2v) is 2.92. The third-order valence-electron chi connectivity index (χ3n) is 1.18. The van der Waals surface area contributed by atoms with Crippen LogP contribution in [0, 0.1) is 5.41 Å². The molecular formula is C6H9F3O3. The van der Waals surface area contributed by atoms with E-state index in [1.807, 2.05) is 0 Å². The largest absolute Gasteiger partial charge is 0.522 e. The Balaban J connectivity index is 4.01. The summed E-state index contributed by atoms with van der Waals surface area (Å²) in [6.45, 7) is 1.42. The van der Waals surface area contributed by atoms with Gasteiger partial charge in [-0.05, 0) is 13.8 Å². The molecule has 72 valence electrons. The zero-order valence-electron chi connectivity index (χ0n) is 6.60. The Hall–Kier alpha value is -0.780. The van der Waals surface area contributed by atoms with E-state index in [1.54, 1.807) is 0 Å². The minimum atomic E-state index is -4.77. The van der Waals surface area contributed by atoms with Crippen molar-refractivity contribution >= 4 is 5.97 Å². The van der Waals surface area contributed by atoms with E-state index >= 15 is 0 Å². The van der Waals surface area contributed by atoms with Gasteiger partial charge < -0.3 is 5.11 Å². The number of hydrogen-bond donors (Lipinski definition) is 1. The third kappa shape index (κ3) is 4.17. The van der Waals surface area contributed by atoms with E-state index in [1.165, 1.54) is 0 Å². The first-order valence-electron chi connectivity index (χ1n) is 3.09. The molecule has 0 aromatic rings. The van der Waals surface area contributed by atoms with E-state index in [9.17, 15) is 18.0 Å². The molecule has 3 nitrogen and oxygen atoms in total. The second kappa shape index (κ2) is 3.30. The molecule has 0 saturated carbocycles. The normalized spacial score (nSPS) is 13.1. The first-order valence-corrected chi connectivity index (χ1v) is 3.09. The van der Waals surface area contributed by atoms with Crippen molar-refractivity contribution in [3.05, 3.63) is 0 Å². The summed E-state index contributed by atoms with van der Waals surface area (Å²) in [7, 11) is 0. The van der Waals surface area contributed by atoms with Crippen molar-refractivity contribution in [2.75, 3.05) is 6.61 Å². The van der Waals surface area contributed by atoms with Crippen molar-refractivity contribution in [3.8, 4) is 0 Å². The monoisotopic (exact) mass is 186 g/mol. The van der Waals surface area contributed by atoms with Crippen LogP contribution in [0.3, 0.4) is 0 Å². The quantitative estimate of drug-likeness (QED) is 0.728. The summed E-state index contributed by atoms with van der Waals surface area (Å²) in [6.07, 6.45) is -4.77. The van der Waals surface area contributed by atoms with Crippen molar-refractivity contribution in [3.63, 3.8) is 0 Å². The second-order valence-electron chi connectivity index (χ2n) is 2.92. The van der Waals surface area contributed by atoms with Crippen molar-refractivity contribution in [2.24, 2.45) is 5.41 Å². The molecule has 0 rings (SSSR count). The molecule has 12 heavy (non-hydrogen) atoms. The van der Waals surface area contributed by atoms with Gasteiger partial charge in [0.2, 0.25) is 0 Å². The Morgan fingerprint density at radius 3 is 2.08 bits per heavy atom. The highest BCUT2D eigenvalue weighted by atomic mass is 19.4. The first kappa shape index (κ1) is 11.2. The molecule has 1 N–H and O–H groups in total. The van der Waals surface area contributed by atoms with Gasteiger partial charge in [0, 0.05) is 0 Å². The number of carbonyl (C=O) groups is 1. The first-order chi connectivity index (χ1) is 5.15. The van der Waals surface area contributed by atoms with E-state index in [4.69, 9.17) is 5.11 Å². The number of halogens is 3. The molecule has 0 fully saturated rings. The zero-order chi connectivity index (χ0) is 9.99. The molecular weight excluding hydrogens is 177 g/mol. The van der Waals surface area contributed by atoms with Gasteiger partial charge in [-0.2, -0.15) is 0 Å². The Labute approximate surface area is 67.1 Å². The van der Waals surface area contributed by atoms with E-state index in [0.29, 0.717) is 0 Å². The molecule has 0 aliphatic carbocycles. The van der Waals surface area contributed by atoms with Crippen LogP contribution >= 0.6 is 0 Å². The van der Waals surface area contributed by atoms with Crippen LogP contribution in [0.2, 0.25) is 0 Å². The van der Waals surface area contributed by atoms with Crippen LogP contribution in [0.15, 0.2) is 0 Å². The lowest BCUT2D eigenvalue weighted by Crippen LogP contribution is -2.32. The number of aliphatic carboxylic acids is 1. The van der Waals surface area contributed by atoms with Crippen LogP contribution in [0.1, 0.15) is 13.8 Å². The van der Waals surface area contributed by atoms with Crippen LogP contribution in [0.25, 0.3) is 0 Å². The minimum Gasteiger partial charge on any atom is -0.481 e. The molecule has 0 spiro atoms. The number of hydrogen-bond acceptors (Lipinski definition) is 2. The average molecular weight is 186 g/mol. The van der Waals surface area contributed by atoms with Gasteiger partial charge in [-0.25, -0.2) is 0 Å². The maximum Gasteiger partial charge on any atom is 0.522 e. The van der Waals surface area contributed by atoms with Gasteiger partial charge in [0.05, 0.1) is 12.0 Å². The predicted molar refractivity (Wildman–Crippen MR) is 33.4 cm³/mol. The summed E-state index contributed by atoms with van der Waals surface area (Å²) in [6, 6.07) is 0. The summed E-state index contributed by atoms with van der Waals surface area (Å²) in [5, 5.41) is 8.39. The lowest BCUT2D eigenvalue weighted by Gasteiger charge is -2.19.